The van der Waals surface area contributed by atoms with Crippen LogP contribution in [0.3, 0.4) is 0 Å². The molecule has 0 saturated heterocycles. The fourth-order valence-corrected chi connectivity index (χ4v) is 4.03. The van der Waals surface area contributed by atoms with Crippen molar-refractivity contribution in [2.45, 2.75) is 18.9 Å². The Morgan fingerprint density at radius 2 is 1.85 bits per heavy atom. The molecule has 0 spiro atoms. The molecule has 1 amide bonds. The van der Waals surface area contributed by atoms with Crippen molar-refractivity contribution in [2.75, 3.05) is 0 Å². The number of carbonyl (C=O) groups excluding carboxylic acids is 1. The summed E-state index contributed by atoms with van der Waals surface area (Å²) in [7, 11) is 1.73. The number of hydrogen-bond donors (Lipinski definition) is 1. The van der Waals surface area contributed by atoms with Gasteiger partial charge in [0.05, 0.1) is 24.1 Å². The zero-order valence-electron chi connectivity index (χ0n) is 18.3. The maximum atomic E-state index is 13.4. The van der Waals surface area contributed by atoms with E-state index in [1.54, 1.807) is 54.3 Å². The fraction of sp³-hybridized carbons (Fsp3) is 0.200. The minimum Gasteiger partial charge on any atom is -0.345 e. The van der Waals surface area contributed by atoms with Crippen LogP contribution in [0.15, 0.2) is 71.8 Å². The highest BCUT2D eigenvalue weighted by Gasteiger charge is 2.34. The third-order valence-corrected chi connectivity index (χ3v) is 6.09. The Kier molecular flexibility index (Phi) is 5.75. The summed E-state index contributed by atoms with van der Waals surface area (Å²) in [5, 5.41) is 12.2. The van der Waals surface area contributed by atoms with Crippen LogP contribution in [-0.2, 0) is 7.05 Å². The van der Waals surface area contributed by atoms with Crippen LogP contribution in [0.5, 0.6) is 0 Å². The van der Waals surface area contributed by atoms with Crippen molar-refractivity contribution in [1.29, 1.82) is 0 Å². The summed E-state index contributed by atoms with van der Waals surface area (Å²) < 4.78 is 16.2. The predicted molar refractivity (Wildman–Crippen MR) is 126 cm³/mol. The lowest BCUT2D eigenvalue weighted by Gasteiger charge is -2.19. The SMILES string of the molecule is Cn1cc(-n2nc(-c3ccc(Cl)cc3)cc(C(=O)NC(c3ccc(F)cc3)C3CC3)c2=O)cn1. The van der Waals surface area contributed by atoms with E-state index >= 15 is 0 Å². The van der Waals surface area contributed by atoms with E-state index in [-0.39, 0.29) is 23.3 Å². The van der Waals surface area contributed by atoms with Crippen molar-refractivity contribution in [3.05, 3.63) is 99.3 Å². The first kappa shape index (κ1) is 22.0. The lowest BCUT2D eigenvalue weighted by molar-refractivity contribution is 0.0929. The van der Waals surface area contributed by atoms with Crippen LogP contribution in [0.4, 0.5) is 4.39 Å². The maximum Gasteiger partial charge on any atom is 0.284 e. The molecule has 7 nitrogen and oxygen atoms in total. The first-order chi connectivity index (χ1) is 16.4. The number of nitrogens with zero attached hydrogens (tertiary/aromatic N) is 4. The van der Waals surface area contributed by atoms with Crippen molar-refractivity contribution in [1.82, 2.24) is 24.9 Å². The van der Waals surface area contributed by atoms with Crippen LogP contribution in [0.25, 0.3) is 16.9 Å². The van der Waals surface area contributed by atoms with Crippen molar-refractivity contribution in [3.63, 3.8) is 0 Å². The minimum atomic E-state index is -0.558. The Morgan fingerprint density at radius 1 is 1.15 bits per heavy atom. The molecular formula is C25H21ClFN5O2. The Morgan fingerprint density at radius 3 is 2.47 bits per heavy atom. The molecule has 1 saturated carbocycles. The second-order valence-corrected chi connectivity index (χ2v) is 8.82. The molecule has 4 aromatic rings. The molecule has 2 aromatic carbocycles. The third-order valence-electron chi connectivity index (χ3n) is 5.84. The van der Waals surface area contributed by atoms with E-state index in [2.05, 4.69) is 15.5 Å². The van der Waals surface area contributed by atoms with Gasteiger partial charge in [-0.3, -0.25) is 14.3 Å². The number of halogens is 2. The highest BCUT2D eigenvalue weighted by Crippen LogP contribution is 2.41. The Hall–Kier alpha value is -3.78. The van der Waals surface area contributed by atoms with Gasteiger partial charge in [0.25, 0.3) is 11.5 Å². The monoisotopic (exact) mass is 477 g/mol. The van der Waals surface area contributed by atoms with E-state index < -0.39 is 11.5 Å². The Labute approximate surface area is 199 Å². The normalized spacial score (nSPS) is 14.1. The molecule has 2 heterocycles. The average Bonchev–Trinajstić information content (AvgIpc) is 3.58. The first-order valence-corrected chi connectivity index (χ1v) is 11.2. The molecule has 5 rings (SSSR count). The number of benzene rings is 2. The number of aromatic nitrogens is 4. The van der Waals surface area contributed by atoms with Crippen molar-refractivity contribution >= 4 is 17.5 Å². The van der Waals surface area contributed by atoms with E-state index in [1.165, 1.54) is 29.1 Å². The van der Waals surface area contributed by atoms with Gasteiger partial charge in [-0.05, 0) is 54.7 Å². The summed E-state index contributed by atoms with van der Waals surface area (Å²) in [5.41, 5.74) is 1.78. The van der Waals surface area contributed by atoms with E-state index in [4.69, 9.17) is 11.6 Å². The molecule has 9 heteroatoms. The van der Waals surface area contributed by atoms with E-state index in [1.807, 2.05) is 0 Å². The van der Waals surface area contributed by atoms with Crippen LogP contribution in [0.2, 0.25) is 5.02 Å². The number of aryl methyl sites for hydroxylation is 1. The largest absolute Gasteiger partial charge is 0.345 e. The lowest BCUT2D eigenvalue weighted by Crippen LogP contribution is -2.36. The second kappa shape index (κ2) is 8.87. The zero-order valence-corrected chi connectivity index (χ0v) is 19.0. The van der Waals surface area contributed by atoms with Crippen LogP contribution < -0.4 is 10.9 Å². The van der Waals surface area contributed by atoms with Crippen molar-refractivity contribution < 1.29 is 9.18 Å². The highest BCUT2D eigenvalue weighted by molar-refractivity contribution is 6.30. The summed E-state index contributed by atoms with van der Waals surface area (Å²) in [4.78, 5) is 26.7. The minimum absolute atomic E-state index is 0.0448. The Balaban J connectivity index is 1.57. The van der Waals surface area contributed by atoms with Crippen molar-refractivity contribution in [2.24, 2.45) is 13.0 Å². The molecule has 1 aliphatic carbocycles. The molecular weight excluding hydrogens is 457 g/mol. The summed E-state index contributed by atoms with van der Waals surface area (Å²) in [5.74, 6) is -0.611. The second-order valence-electron chi connectivity index (χ2n) is 8.38. The van der Waals surface area contributed by atoms with Gasteiger partial charge in [-0.1, -0.05) is 35.9 Å². The average molecular weight is 478 g/mol. The molecule has 34 heavy (non-hydrogen) atoms. The van der Waals surface area contributed by atoms with Crippen LogP contribution >= 0.6 is 11.6 Å². The third kappa shape index (κ3) is 4.49. The number of hydrogen-bond acceptors (Lipinski definition) is 4. The first-order valence-electron chi connectivity index (χ1n) is 10.8. The molecule has 1 fully saturated rings. The number of nitrogens with one attached hydrogen (secondary N) is 1. The zero-order chi connectivity index (χ0) is 23.8. The molecule has 172 valence electrons. The number of carbonyl (C=O) groups is 1. The molecule has 0 aliphatic heterocycles. The van der Waals surface area contributed by atoms with Crippen LogP contribution in [0.1, 0.15) is 34.8 Å². The highest BCUT2D eigenvalue weighted by atomic mass is 35.5. The number of rotatable bonds is 6. The summed E-state index contributed by atoms with van der Waals surface area (Å²) in [6, 6.07) is 14.2. The molecule has 1 atom stereocenters. The summed E-state index contributed by atoms with van der Waals surface area (Å²) in [6.07, 6.45) is 5.06. The predicted octanol–water partition coefficient (Wildman–Crippen LogP) is 4.31. The van der Waals surface area contributed by atoms with Crippen molar-refractivity contribution in [3.8, 4) is 16.9 Å². The summed E-state index contributed by atoms with van der Waals surface area (Å²) in [6.45, 7) is 0. The molecule has 0 bridgehead atoms. The van der Waals surface area contributed by atoms with E-state index in [0.29, 0.717) is 22.0 Å². The molecule has 1 N–H and O–H groups in total. The molecule has 0 radical (unpaired) electrons. The Bertz CT molecular complexity index is 1410. The molecule has 1 aliphatic rings. The smallest absolute Gasteiger partial charge is 0.284 e. The van der Waals surface area contributed by atoms with Gasteiger partial charge in [0, 0.05) is 17.6 Å². The quantitative estimate of drug-likeness (QED) is 0.448. The molecule has 2 aromatic heterocycles. The standard InChI is InChI=1S/C25H21ClFN5O2/c1-31-14-20(13-28-31)32-25(34)21(12-22(30-32)15-4-8-18(26)9-5-15)24(33)29-23(16-2-3-16)17-6-10-19(27)11-7-17/h4-14,16,23H,2-3H2,1H3,(H,29,33). The summed E-state index contributed by atoms with van der Waals surface area (Å²) >= 11 is 6.02. The van der Waals surface area contributed by atoms with E-state index in [9.17, 15) is 14.0 Å². The topological polar surface area (TPSA) is 81.8 Å². The molecule has 1 unspecified atom stereocenters. The van der Waals surface area contributed by atoms with E-state index in [0.717, 1.165) is 18.4 Å². The van der Waals surface area contributed by atoms with Gasteiger partial charge in [0.15, 0.2) is 0 Å². The lowest BCUT2D eigenvalue weighted by atomic mass is 10.0. The van der Waals surface area contributed by atoms with Gasteiger partial charge in [-0.15, -0.1) is 0 Å². The van der Waals surface area contributed by atoms with Crippen LogP contribution in [-0.4, -0.2) is 25.5 Å². The van der Waals surface area contributed by atoms with Gasteiger partial charge in [0.1, 0.15) is 17.1 Å². The van der Waals surface area contributed by atoms with Crippen LogP contribution in [0, 0.1) is 11.7 Å². The van der Waals surface area contributed by atoms with Gasteiger partial charge in [-0.25, -0.2) is 4.39 Å². The maximum absolute atomic E-state index is 13.4. The van der Waals surface area contributed by atoms with Gasteiger partial charge in [0.2, 0.25) is 0 Å². The van der Waals surface area contributed by atoms with Gasteiger partial charge >= 0.3 is 0 Å². The fourth-order valence-electron chi connectivity index (χ4n) is 3.90. The van der Waals surface area contributed by atoms with Gasteiger partial charge in [-0.2, -0.15) is 14.9 Å². The van der Waals surface area contributed by atoms with Gasteiger partial charge < -0.3 is 5.32 Å². The number of amides is 1.